The molecular weight excluding hydrogens is 338 g/mol. The lowest BCUT2D eigenvalue weighted by molar-refractivity contribution is 0.531. The molecule has 6 nitrogen and oxygen atoms in total. The summed E-state index contributed by atoms with van der Waals surface area (Å²) in [7, 11) is 0. The lowest BCUT2D eigenvalue weighted by Crippen LogP contribution is -2.04. The molecule has 0 aliphatic rings. The molecule has 2 aromatic heterocycles. The first-order valence-electron chi connectivity index (χ1n) is 7.75. The van der Waals surface area contributed by atoms with E-state index in [0.717, 1.165) is 16.3 Å². The van der Waals surface area contributed by atoms with Gasteiger partial charge in [-0.3, -0.25) is 0 Å². The lowest BCUT2D eigenvalue weighted by atomic mass is 10.1. The number of hydrogen-bond donors (Lipinski definition) is 1. The Morgan fingerprint density at radius 1 is 0.920 bits per heavy atom. The van der Waals surface area contributed by atoms with Crippen molar-refractivity contribution in [1.82, 2.24) is 20.4 Å². The molecule has 7 heteroatoms. The van der Waals surface area contributed by atoms with Gasteiger partial charge in [-0.1, -0.05) is 48.0 Å². The highest BCUT2D eigenvalue weighted by molar-refractivity contribution is 6.30. The quantitative estimate of drug-likeness (QED) is 0.592. The molecule has 124 valence electrons. The van der Waals surface area contributed by atoms with Crippen molar-refractivity contribution in [1.29, 1.82) is 0 Å². The number of fused-ring (bicyclic) bond motifs is 1. The van der Waals surface area contributed by atoms with Crippen LogP contribution in [0, 0.1) is 6.92 Å². The summed E-state index contributed by atoms with van der Waals surface area (Å²) in [6, 6.07) is 15.5. The van der Waals surface area contributed by atoms with Gasteiger partial charge in [-0.15, -0.1) is 20.4 Å². The SMILES string of the molecule is Cc1nnc(-c2nnc(NCc3ccc(Cl)cc3)c3ccccc23)o1. The molecular formula is C18H14ClN5O. The van der Waals surface area contributed by atoms with Gasteiger partial charge in [-0.25, -0.2) is 0 Å². The zero-order chi connectivity index (χ0) is 17.2. The minimum Gasteiger partial charge on any atom is -0.420 e. The summed E-state index contributed by atoms with van der Waals surface area (Å²) < 4.78 is 5.50. The molecule has 2 aromatic carbocycles. The third kappa shape index (κ3) is 3.16. The fourth-order valence-corrected chi connectivity index (χ4v) is 2.70. The van der Waals surface area contributed by atoms with E-state index in [2.05, 4.69) is 25.7 Å². The monoisotopic (exact) mass is 351 g/mol. The topological polar surface area (TPSA) is 76.7 Å². The Balaban J connectivity index is 1.69. The molecule has 1 N–H and O–H groups in total. The van der Waals surface area contributed by atoms with Gasteiger partial charge in [0.05, 0.1) is 0 Å². The molecule has 0 amide bonds. The number of nitrogens with zero attached hydrogens (tertiary/aromatic N) is 4. The third-order valence-corrected chi connectivity index (χ3v) is 4.04. The van der Waals surface area contributed by atoms with Crippen LogP contribution < -0.4 is 5.32 Å². The van der Waals surface area contributed by atoms with Crippen molar-refractivity contribution in [2.24, 2.45) is 0 Å². The van der Waals surface area contributed by atoms with Crippen LogP contribution in [0.3, 0.4) is 0 Å². The van der Waals surface area contributed by atoms with Crippen molar-refractivity contribution >= 4 is 28.2 Å². The maximum atomic E-state index is 5.92. The Kier molecular flexibility index (Phi) is 4.03. The van der Waals surface area contributed by atoms with Crippen molar-refractivity contribution in [3.8, 4) is 11.6 Å². The summed E-state index contributed by atoms with van der Waals surface area (Å²) in [4.78, 5) is 0. The van der Waals surface area contributed by atoms with Crippen LogP contribution >= 0.6 is 11.6 Å². The highest BCUT2D eigenvalue weighted by atomic mass is 35.5. The number of benzene rings is 2. The molecule has 0 unspecified atom stereocenters. The summed E-state index contributed by atoms with van der Waals surface area (Å²) in [5.41, 5.74) is 1.68. The highest BCUT2D eigenvalue weighted by Crippen LogP contribution is 2.29. The van der Waals surface area contributed by atoms with Crippen molar-refractivity contribution in [3.63, 3.8) is 0 Å². The summed E-state index contributed by atoms with van der Waals surface area (Å²) in [6.07, 6.45) is 0. The summed E-state index contributed by atoms with van der Waals surface area (Å²) in [6.45, 7) is 2.36. The molecule has 0 fully saturated rings. The van der Waals surface area contributed by atoms with Gasteiger partial charge < -0.3 is 9.73 Å². The second kappa shape index (κ2) is 6.49. The molecule has 4 aromatic rings. The Labute approximate surface area is 148 Å². The molecule has 0 bridgehead atoms. The van der Waals surface area contributed by atoms with E-state index in [0.29, 0.717) is 34.9 Å². The van der Waals surface area contributed by atoms with E-state index in [1.54, 1.807) is 6.92 Å². The number of aryl methyl sites for hydroxylation is 1. The average Bonchev–Trinajstić information content (AvgIpc) is 3.07. The number of nitrogens with one attached hydrogen (secondary N) is 1. The number of halogens is 1. The van der Waals surface area contributed by atoms with E-state index in [4.69, 9.17) is 16.0 Å². The Hall–Kier alpha value is -2.99. The van der Waals surface area contributed by atoms with Crippen LogP contribution in [-0.2, 0) is 6.54 Å². The Morgan fingerprint density at radius 2 is 1.68 bits per heavy atom. The molecule has 0 saturated heterocycles. The molecule has 2 heterocycles. The fraction of sp³-hybridized carbons (Fsp3) is 0.111. The standard InChI is InChI=1S/C18H14ClN5O/c1-11-21-24-18(25-11)16-14-4-2-3-5-15(14)17(23-22-16)20-10-12-6-8-13(19)9-7-12/h2-9H,10H2,1H3,(H,20,23). The van der Waals surface area contributed by atoms with E-state index < -0.39 is 0 Å². The molecule has 4 rings (SSSR count). The van der Waals surface area contributed by atoms with Crippen LogP contribution in [-0.4, -0.2) is 20.4 Å². The van der Waals surface area contributed by atoms with Crippen molar-refractivity contribution in [3.05, 3.63) is 65.0 Å². The van der Waals surface area contributed by atoms with Crippen LogP contribution in [0.25, 0.3) is 22.4 Å². The number of hydrogen-bond acceptors (Lipinski definition) is 6. The van der Waals surface area contributed by atoms with E-state index >= 15 is 0 Å². The maximum absolute atomic E-state index is 5.92. The minimum atomic E-state index is 0.366. The minimum absolute atomic E-state index is 0.366. The van der Waals surface area contributed by atoms with Crippen LogP contribution in [0.1, 0.15) is 11.5 Å². The second-order valence-electron chi connectivity index (χ2n) is 5.55. The highest BCUT2D eigenvalue weighted by Gasteiger charge is 2.15. The predicted octanol–water partition coefficient (Wildman–Crippen LogP) is 4.25. The van der Waals surface area contributed by atoms with Crippen LogP contribution in [0.4, 0.5) is 5.82 Å². The molecule has 0 saturated carbocycles. The van der Waals surface area contributed by atoms with Gasteiger partial charge in [-0.2, -0.15) is 0 Å². The molecule has 0 atom stereocenters. The van der Waals surface area contributed by atoms with Crippen molar-refractivity contribution in [2.45, 2.75) is 13.5 Å². The van der Waals surface area contributed by atoms with Crippen LogP contribution in [0.2, 0.25) is 5.02 Å². The van der Waals surface area contributed by atoms with Gasteiger partial charge in [0.1, 0.15) is 0 Å². The van der Waals surface area contributed by atoms with E-state index in [1.165, 1.54) is 0 Å². The van der Waals surface area contributed by atoms with Gasteiger partial charge in [0, 0.05) is 29.3 Å². The van der Waals surface area contributed by atoms with Gasteiger partial charge in [-0.05, 0) is 17.7 Å². The molecule has 0 spiro atoms. The smallest absolute Gasteiger partial charge is 0.268 e. The molecule has 0 radical (unpaired) electrons. The van der Waals surface area contributed by atoms with Crippen LogP contribution in [0.5, 0.6) is 0 Å². The van der Waals surface area contributed by atoms with E-state index in [1.807, 2.05) is 48.5 Å². The van der Waals surface area contributed by atoms with Crippen molar-refractivity contribution in [2.75, 3.05) is 5.32 Å². The first-order valence-corrected chi connectivity index (χ1v) is 8.13. The van der Waals surface area contributed by atoms with E-state index in [9.17, 15) is 0 Å². The second-order valence-corrected chi connectivity index (χ2v) is 5.99. The Bertz CT molecular complexity index is 1030. The van der Waals surface area contributed by atoms with Crippen molar-refractivity contribution < 1.29 is 4.42 Å². The average molecular weight is 352 g/mol. The van der Waals surface area contributed by atoms with Gasteiger partial charge in [0.15, 0.2) is 11.5 Å². The van der Waals surface area contributed by atoms with Gasteiger partial charge >= 0.3 is 0 Å². The number of anilines is 1. The largest absolute Gasteiger partial charge is 0.420 e. The molecule has 0 aliphatic carbocycles. The first-order chi connectivity index (χ1) is 12.2. The van der Waals surface area contributed by atoms with Crippen LogP contribution in [0.15, 0.2) is 52.9 Å². The van der Waals surface area contributed by atoms with Gasteiger partial charge in [0.25, 0.3) is 5.89 Å². The fourth-order valence-electron chi connectivity index (χ4n) is 2.57. The summed E-state index contributed by atoms with van der Waals surface area (Å²) in [5, 5.41) is 22.4. The maximum Gasteiger partial charge on any atom is 0.268 e. The first kappa shape index (κ1) is 15.5. The zero-order valence-corrected chi connectivity index (χ0v) is 14.2. The predicted molar refractivity (Wildman–Crippen MR) is 96.3 cm³/mol. The molecule has 0 aliphatic heterocycles. The zero-order valence-electron chi connectivity index (χ0n) is 13.4. The number of aromatic nitrogens is 4. The summed E-state index contributed by atoms with van der Waals surface area (Å²) in [5.74, 6) is 1.56. The lowest BCUT2D eigenvalue weighted by Gasteiger charge is -2.09. The van der Waals surface area contributed by atoms with E-state index in [-0.39, 0.29) is 0 Å². The number of rotatable bonds is 4. The molecule has 25 heavy (non-hydrogen) atoms. The summed E-state index contributed by atoms with van der Waals surface area (Å²) >= 11 is 5.92. The normalized spacial score (nSPS) is 11.0. The Morgan fingerprint density at radius 3 is 2.40 bits per heavy atom. The third-order valence-electron chi connectivity index (χ3n) is 3.79. The van der Waals surface area contributed by atoms with Gasteiger partial charge in [0.2, 0.25) is 5.89 Å².